The second-order valence-electron chi connectivity index (χ2n) is 7.48. The minimum absolute atomic E-state index is 0.178. The number of nitrogens with zero attached hydrogens (tertiary/aromatic N) is 1. The molecule has 1 rings (SSSR count). The Hall–Kier alpha value is -1.36. The molecule has 0 saturated heterocycles. The molecule has 0 aliphatic rings. The summed E-state index contributed by atoms with van der Waals surface area (Å²) < 4.78 is 25.0. The summed E-state index contributed by atoms with van der Waals surface area (Å²) in [5.74, 6) is 0.531. The Kier molecular flexibility index (Phi) is 10.2. The lowest BCUT2D eigenvalue weighted by Gasteiger charge is -2.28. The lowest BCUT2D eigenvalue weighted by atomic mass is 9.94. The third-order valence-electron chi connectivity index (χ3n) is 4.53. The van der Waals surface area contributed by atoms with Crippen molar-refractivity contribution in [1.29, 1.82) is 0 Å². The Morgan fingerprint density at radius 3 is 2.43 bits per heavy atom. The van der Waals surface area contributed by atoms with Crippen LogP contribution in [-0.4, -0.2) is 43.9 Å². The molecule has 7 heteroatoms. The fourth-order valence-corrected chi connectivity index (χ4v) is 5.17. The molecule has 2 unspecified atom stereocenters. The highest BCUT2D eigenvalue weighted by Crippen LogP contribution is 2.47. The quantitative estimate of drug-likeness (QED) is 0.393. The third kappa shape index (κ3) is 7.23. The highest BCUT2D eigenvalue weighted by Gasteiger charge is 2.32. The predicted molar refractivity (Wildman–Crippen MR) is 115 cm³/mol. The zero-order valence-electron chi connectivity index (χ0n) is 18.4. The Labute approximate surface area is 170 Å². The number of esters is 1. The fraction of sp³-hybridized carbons (Fsp3) is 0.667. The number of benzene rings is 1. The lowest BCUT2D eigenvalue weighted by molar-refractivity contribution is -0.144. The van der Waals surface area contributed by atoms with Gasteiger partial charge in [-0.15, -0.1) is 0 Å². The number of para-hydroxylation sites is 1. The first-order valence-electron chi connectivity index (χ1n) is 10.2. The van der Waals surface area contributed by atoms with Gasteiger partial charge in [0.15, 0.2) is 0 Å². The molecule has 0 radical (unpaired) electrons. The number of carbonyl (C=O) groups excluding carboxylic acids is 1. The van der Waals surface area contributed by atoms with Crippen LogP contribution in [0.1, 0.15) is 64.5 Å². The minimum atomic E-state index is -3.38. The molecule has 0 aliphatic carbocycles. The molecule has 0 bridgehead atoms. The lowest BCUT2D eigenvalue weighted by Crippen LogP contribution is -2.37. The van der Waals surface area contributed by atoms with Crippen molar-refractivity contribution in [2.75, 3.05) is 27.0 Å². The molecule has 0 amide bonds. The number of ether oxygens (including phenoxy) is 1. The molecule has 6 nitrogen and oxygen atoms in total. The van der Waals surface area contributed by atoms with Gasteiger partial charge in [0.05, 0.1) is 6.61 Å². The number of aryl methyl sites for hydroxylation is 1. The maximum atomic E-state index is 13.7. The van der Waals surface area contributed by atoms with Crippen molar-refractivity contribution in [3.63, 3.8) is 0 Å². The standard InChI is InChI=1S/C21H37N2O4P/c1-8-12-18-13-11-14-19(16(4)9-2)20(18)27-28(25,15-23(6)7)22-17(5)21(24)26-10-3/h11,13-14,16-17H,8-10,12,15H2,1-7H3,(H,22,25)/t16?,17-,28?/m0/s1. The molecule has 0 aromatic heterocycles. The van der Waals surface area contributed by atoms with E-state index >= 15 is 0 Å². The fourth-order valence-electron chi connectivity index (χ4n) is 3.02. The number of nitrogens with one attached hydrogen (secondary N) is 1. The van der Waals surface area contributed by atoms with Gasteiger partial charge in [-0.25, -0.2) is 5.09 Å². The SMILES string of the molecule is CCCc1cccc(C(C)CC)c1OP(=O)(CN(C)C)N[C@@H](C)C(=O)OCC. The summed E-state index contributed by atoms with van der Waals surface area (Å²) in [5.41, 5.74) is 2.10. The van der Waals surface area contributed by atoms with Crippen LogP contribution in [0.5, 0.6) is 5.75 Å². The molecule has 0 saturated carbocycles. The second kappa shape index (κ2) is 11.6. The van der Waals surface area contributed by atoms with Crippen molar-refractivity contribution < 1.29 is 18.6 Å². The third-order valence-corrected chi connectivity index (χ3v) is 6.72. The Bertz CT molecular complexity index is 678. The smallest absolute Gasteiger partial charge is 0.331 e. The molecule has 1 aromatic rings. The van der Waals surface area contributed by atoms with Gasteiger partial charge >= 0.3 is 13.5 Å². The maximum absolute atomic E-state index is 13.7. The van der Waals surface area contributed by atoms with Crippen molar-refractivity contribution in [3.8, 4) is 5.75 Å². The molecule has 1 N–H and O–H groups in total. The van der Waals surface area contributed by atoms with Crippen LogP contribution in [0.15, 0.2) is 18.2 Å². The van der Waals surface area contributed by atoms with Gasteiger partial charge in [-0.3, -0.25) is 14.3 Å². The summed E-state index contributed by atoms with van der Waals surface area (Å²) in [5, 5.41) is 2.93. The Balaban J connectivity index is 3.31. The van der Waals surface area contributed by atoms with Gasteiger partial charge in [0.2, 0.25) is 0 Å². The molecule has 0 heterocycles. The number of hydrogen-bond donors (Lipinski definition) is 1. The van der Waals surface area contributed by atoms with Crippen molar-refractivity contribution >= 4 is 13.5 Å². The molecule has 3 atom stereocenters. The van der Waals surface area contributed by atoms with Crippen LogP contribution in [-0.2, 0) is 20.5 Å². The summed E-state index contributed by atoms with van der Waals surface area (Å²) in [6.07, 6.45) is 2.94. The summed E-state index contributed by atoms with van der Waals surface area (Å²) in [7, 11) is 0.283. The van der Waals surface area contributed by atoms with E-state index in [0.717, 1.165) is 30.4 Å². The molecule has 160 valence electrons. The zero-order valence-corrected chi connectivity index (χ0v) is 19.3. The highest BCUT2D eigenvalue weighted by molar-refractivity contribution is 7.57. The van der Waals surface area contributed by atoms with Crippen molar-refractivity contribution in [2.24, 2.45) is 0 Å². The molecular formula is C21H37N2O4P. The molecular weight excluding hydrogens is 375 g/mol. The summed E-state index contributed by atoms with van der Waals surface area (Å²) in [6, 6.07) is 5.37. The summed E-state index contributed by atoms with van der Waals surface area (Å²) >= 11 is 0. The summed E-state index contributed by atoms with van der Waals surface area (Å²) in [6.45, 7) is 10.1. The zero-order chi connectivity index (χ0) is 21.3. The van der Waals surface area contributed by atoms with E-state index < -0.39 is 19.5 Å². The van der Waals surface area contributed by atoms with Crippen LogP contribution in [0.25, 0.3) is 0 Å². The van der Waals surface area contributed by atoms with Gasteiger partial charge in [0.1, 0.15) is 18.1 Å². The van der Waals surface area contributed by atoms with Crippen LogP contribution >= 0.6 is 7.52 Å². The van der Waals surface area contributed by atoms with Gasteiger partial charge < -0.3 is 9.26 Å². The van der Waals surface area contributed by atoms with Crippen molar-refractivity contribution in [3.05, 3.63) is 29.3 Å². The van der Waals surface area contributed by atoms with E-state index in [4.69, 9.17) is 9.26 Å². The molecule has 0 spiro atoms. The van der Waals surface area contributed by atoms with Crippen LogP contribution in [0.3, 0.4) is 0 Å². The predicted octanol–water partition coefficient (Wildman–Crippen LogP) is 4.78. The largest absolute Gasteiger partial charge is 0.465 e. The number of carbonyl (C=O) groups is 1. The van der Waals surface area contributed by atoms with E-state index in [0.29, 0.717) is 5.75 Å². The van der Waals surface area contributed by atoms with E-state index in [1.807, 2.05) is 32.3 Å². The van der Waals surface area contributed by atoms with Gasteiger partial charge in [-0.2, -0.15) is 0 Å². The van der Waals surface area contributed by atoms with E-state index in [1.54, 1.807) is 18.7 Å². The van der Waals surface area contributed by atoms with Gasteiger partial charge in [-0.05, 0) is 57.8 Å². The monoisotopic (exact) mass is 412 g/mol. The van der Waals surface area contributed by atoms with Crippen LogP contribution in [0.2, 0.25) is 0 Å². The van der Waals surface area contributed by atoms with E-state index in [2.05, 4.69) is 25.9 Å². The van der Waals surface area contributed by atoms with Gasteiger partial charge in [0, 0.05) is 0 Å². The van der Waals surface area contributed by atoms with Gasteiger partial charge in [0.25, 0.3) is 0 Å². The summed E-state index contributed by atoms with van der Waals surface area (Å²) in [4.78, 5) is 13.9. The first kappa shape index (κ1) is 24.7. The topological polar surface area (TPSA) is 67.9 Å². The molecule has 1 aromatic carbocycles. The maximum Gasteiger partial charge on any atom is 0.331 e. The van der Waals surface area contributed by atoms with E-state index in [9.17, 15) is 9.36 Å². The van der Waals surface area contributed by atoms with Gasteiger partial charge in [-0.1, -0.05) is 45.4 Å². The average molecular weight is 413 g/mol. The van der Waals surface area contributed by atoms with E-state index in [-0.39, 0.29) is 18.8 Å². The molecule has 0 aliphatic heterocycles. The highest BCUT2D eigenvalue weighted by atomic mass is 31.2. The normalized spacial score (nSPS) is 15.7. The first-order chi connectivity index (χ1) is 13.2. The minimum Gasteiger partial charge on any atom is -0.465 e. The van der Waals surface area contributed by atoms with Crippen LogP contribution < -0.4 is 9.61 Å². The number of hydrogen-bond acceptors (Lipinski definition) is 5. The van der Waals surface area contributed by atoms with E-state index in [1.165, 1.54) is 0 Å². The Morgan fingerprint density at radius 2 is 1.89 bits per heavy atom. The Morgan fingerprint density at radius 1 is 1.21 bits per heavy atom. The van der Waals surface area contributed by atoms with Crippen LogP contribution in [0, 0.1) is 0 Å². The number of rotatable bonds is 12. The second-order valence-corrected chi connectivity index (χ2v) is 9.55. The van der Waals surface area contributed by atoms with Crippen molar-refractivity contribution in [1.82, 2.24) is 9.99 Å². The first-order valence-corrected chi connectivity index (χ1v) is 12.0. The van der Waals surface area contributed by atoms with Crippen molar-refractivity contribution in [2.45, 2.75) is 65.8 Å². The average Bonchev–Trinajstić information content (AvgIpc) is 2.61. The van der Waals surface area contributed by atoms with Crippen LogP contribution in [0.4, 0.5) is 0 Å². The molecule has 28 heavy (non-hydrogen) atoms. The molecule has 0 fully saturated rings.